The molecule has 62 valence electrons. The zero-order valence-electron chi connectivity index (χ0n) is 6.30. The topological polar surface area (TPSA) is 40.5 Å². The summed E-state index contributed by atoms with van der Waals surface area (Å²) in [6.07, 6.45) is 0.536. The van der Waals surface area contributed by atoms with Crippen molar-refractivity contribution in [2.24, 2.45) is 0 Å². The number of hydrogen-bond acceptors (Lipinski definition) is 2. The lowest BCUT2D eigenvalue weighted by Crippen LogP contribution is -2.12. The molecule has 1 rings (SSSR count). The van der Waals surface area contributed by atoms with Crippen LogP contribution in [0.15, 0.2) is 11.4 Å². The maximum Gasteiger partial charge on any atom is 0.364 e. The van der Waals surface area contributed by atoms with Crippen molar-refractivity contribution in [2.75, 3.05) is 20.1 Å². The number of carbonyl (C=O) groups is 1. The van der Waals surface area contributed by atoms with Crippen LogP contribution in [0.25, 0.3) is 0 Å². The third-order valence-corrected chi connectivity index (χ3v) is 1.75. The second-order valence-electron chi connectivity index (χ2n) is 2.71. The highest BCUT2D eigenvalue weighted by Crippen LogP contribution is 2.18. The van der Waals surface area contributed by atoms with Crippen LogP contribution in [0, 0.1) is 0 Å². The maximum atomic E-state index is 12.7. The van der Waals surface area contributed by atoms with Crippen molar-refractivity contribution in [2.45, 2.75) is 6.42 Å². The van der Waals surface area contributed by atoms with Crippen molar-refractivity contribution in [3.63, 3.8) is 0 Å². The summed E-state index contributed by atoms with van der Waals surface area (Å²) in [6, 6.07) is 0. The minimum Gasteiger partial charge on any atom is -0.476 e. The fourth-order valence-corrected chi connectivity index (χ4v) is 1.14. The van der Waals surface area contributed by atoms with Crippen LogP contribution in [0.1, 0.15) is 6.42 Å². The fourth-order valence-electron chi connectivity index (χ4n) is 1.14. The standard InChI is InChI=1S/C7H10FNO2/c1-9-3-2-5(4-9)6(8)7(10)11/h2-4H2,1H3,(H,10,11). The molecule has 0 aromatic rings. The zero-order chi connectivity index (χ0) is 8.43. The smallest absolute Gasteiger partial charge is 0.364 e. The average molecular weight is 159 g/mol. The van der Waals surface area contributed by atoms with E-state index in [0.717, 1.165) is 6.54 Å². The molecule has 0 aromatic carbocycles. The van der Waals surface area contributed by atoms with Crippen LogP contribution in [0.2, 0.25) is 0 Å². The average Bonchev–Trinajstić information content (AvgIpc) is 2.34. The zero-order valence-corrected chi connectivity index (χ0v) is 6.30. The Balaban J connectivity index is 2.73. The molecular weight excluding hydrogens is 149 g/mol. The quantitative estimate of drug-likeness (QED) is 0.570. The van der Waals surface area contributed by atoms with Crippen molar-refractivity contribution >= 4 is 5.97 Å². The summed E-state index contributed by atoms with van der Waals surface area (Å²) >= 11 is 0. The third-order valence-electron chi connectivity index (χ3n) is 1.75. The molecular formula is C7H10FNO2. The van der Waals surface area contributed by atoms with Crippen LogP contribution in [0.5, 0.6) is 0 Å². The fraction of sp³-hybridized carbons (Fsp3) is 0.571. The normalized spacial score (nSPS) is 23.8. The Bertz CT molecular complexity index is 212. The minimum absolute atomic E-state index is 0.403. The Kier molecular flexibility index (Phi) is 2.24. The molecule has 0 aliphatic carbocycles. The predicted octanol–water partition coefficient (Wildman–Crippen LogP) is 0.630. The van der Waals surface area contributed by atoms with E-state index in [1.807, 2.05) is 11.9 Å². The van der Waals surface area contributed by atoms with E-state index in [-0.39, 0.29) is 0 Å². The van der Waals surface area contributed by atoms with Gasteiger partial charge in [-0.15, -0.1) is 0 Å². The second-order valence-corrected chi connectivity index (χ2v) is 2.71. The van der Waals surface area contributed by atoms with Gasteiger partial charge in [0.1, 0.15) is 0 Å². The van der Waals surface area contributed by atoms with Crippen molar-refractivity contribution < 1.29 is 14.3 Å². The van der Waals surface area contributed by atoms with Gasteiger partial charge in [0.05, 0.1) is 0 Å². The molecule has 1 aliphatic heterocycles. The number of likely N-dealkylation sites (N-methyl/N-ethyl adjacent to an activating group) is 1. The molecule has 4 heteroatoms. The van der Waals surface area contributed by atoms with Gasteiger partial charge in [-0.25, -0.2) is 4.79 Å². The highest BCUT2D eigenvalue weighted by molar-refractivity contribution is 5.85. The highest BCUT2D eigenvalue weighted by atomic mass is 19.1. The third kappa shape index (κ3) is 1.77. The summed E-state index contributed by atoms with van der Waals surface area (Å²) in [5.74, 6) is -2.43. The number of hydrogen-bond donors (Lipinski definition) is 1. The Morgan fingerprint density at radius 3 is 2.73 bits per heavy atom. The van der Waals surface area contributed by atoms with E-state index in [0.29, 0.717) is 18.5 Å². The Labute approximate surface area is 64.1 Å². The lowest BCUT2D eigenvalue weighted by atomic mass is 10.2. The SMILES string of the molecule is CN1CCC(=C(F)C(=O)O)C1. The number of aliphatic carboxylic acids is 1. The molecule has 0 amide bonds. The molecule has 1 aliphatic rings. The van der Waals surface area contributed by atoms with Gasteiger partial charge in [-0.3, -0.25) is 0 Å². The van der Waals surface area contributed by atoms with Crippen molar-refractivity contribution in [1.82, 2.24) is 4.90 Å². The highest BCUT2D eigenvalue weighted by Gasteiger charge is 2.20. The van der Waals surface area contributed by atoms with Gasteiger partial charge in [0.15, 0.2) is 0 Å². The number of likely N-dealkylation sites (tertiary alicyclic amines) is 1. The van der Waals surface area contributed by atoms with Crippen molar-refractivity contribution in [3.8, 4) is 0 Å². The molecule has 1 fully saturated rings. The monoisotopic (exact) mass is 159 g/mol. The molecule has 3 nitrogen and oxygen atoms in total. The molecule has 1 saturated heterocycles. The van der Waals surface area contributed by atoms with Crippen LogP contribution in [0.3, 0.4) is 0 Å². The summed E-state index contributed by atoms with van der Waals surface area (Å²) in [7, 11) is 1.84. The van der Waals surface area contributed by atoms with Gasteiger partial charge in [-0.05, 0) is 19.0 Å². The molecule has 1 heterocycles. The number of rotatable bonds is 1. The largest absolute Gasteiger partial charge is 0.476 e. The first-order chi connectivity index (χ1) is 5.11. The van der Waals surface area contributed by atoms with E-state index in [1.54, 1.807) is 0 Å². The van der Waals surface area contributed by atoms with E-state index in [2.05, 4.69) is 0 Å². The molecule has 11 heavy (non-hydrogen) atoms. The number of nitrogens with zero attached hydrogens (tertiary/aromatic N) is 1. The first-order valence-corrected chi connectivity index (χ1v) is 3.40. The van der Waals surface area contributed by atoms with Gasteiger partial charge < -0.3 is 10.0 Å². The first-order valence-electron chi connectivity index (χ1n) is 3.40. The Morgan fingerprint density at radius 2 is 2.36 bits per heavy atom. The van der Waals surface area contributed by atoms with Crippen molar-refractivity contribution in [3.05, 3.63) is 11.4 Å². The van der Waals surface area contributed by atoms with Gasteiger partial charge in [0, 0.05) is 13.1 Å². The summed E-state index contributed by atoms with van der Waals surface area (Å²) in [4.78, 5) is 12.0. The van der Waals surface area contributed by atoms with Gasteiger partial charge >= 0.3 is 5.97 Å². The summed E-state index contributed by atoms with van der Waals surface area (Å²) in [5, 5.41) is 8.28. The Hall–Kier alpha value is -0.900. The number of carboxylic acid groups (broad SMARTS) is 1. The molecule has 0 atom stereocenters. The van der Waals surface area contributed by atoms with Gasteiger partial charge in [0.2, 0.25) is 5.83 Å². The number of halogens is 1. The molecule has 0 bridgehead atoms. The van der Waals surface area contributed by atoms with E-state index in [4.69, 9.17) is 5.11 Å². The molecule has 0 radical (unpaired) electrons. The minimum atomic E-state index is -1.45. The number of carboxylic acids is 1. The van der Waals surface area contributed by atoms with Crippen LogP contribution in [-0.2, 0) is 4.79 Å². The van der Waals surface area contributed by atoms with Gasteiger partial charge in [0.25, 0.3) is 0 Å². The summed E-state index contributed by atoms with van der Waals surface area (Å²) in [5.41, 5.74) is 0.403. The van der Waals surface area contributed by atoms with Crippen LogP contribution in [-0.4, -0.2) is 36.1 Å². The van der Waals surface area contributed by atoms with E-state index in [9.17, 15) is 9.18 Å². The van der Waals surface area contributed by atoms with Crippen LogP contribution < -0.4 is 0 Å². The first kappa shape index (κ1) is 8.20. The molecule has 0 spiro atoms. The summed E-state index contributed by atoms with van der Waals surface area (Å²) < 4.78 is 12.7. The summed E-state index contributed by atoms with van der Waals surface area (Å²) in [6.45, 7) is 1.19. The molecule has 0 saturated carbocycles. The molecule has 0 unspecified atom stereocenters. The maximum absolute atomic E-state index is 12.7. The lowest BCUT2D eigenvalue weighted by molar-refractivity contribution is -0.134. The van der Waals surface area contributed by atoms with E-state index in [1.165, 1.54) is 0 Å². The second kappa shape index (κ2) is 3.00. The van der Waals surface area contributed by atoms with Crippen LogP contribution >= 0.6 is 0 Å². The van der Waals surface area contributed by atoms with Gasteiger partial charge in [-0.1, -0.05) is 0 Å². The van der Waals surface area contributed by atoms with E-state index < -0.39 is 11.8 Å². The van der Waals surface area contributed by atoms with Crippen molar-refractivity contribution in [1.29, 1.82) is 0 Å². The van der Waals surface area contributed by atoms with Crippen LogP contribution in [0.4, 0.5) is 4.39 Å². The molecule has 0 aromatic heterocycles. The lowest BCUT2D eigenvalue weighted by Gasteiger charge is -2.02. The Morgan fingerprint density at radius 1 is 1.73 bits per heavy atom. The van der Waals surface area contributed by atoms with Gasteiger partial charge in [-0.2, -0.15) is 4.39 Å². The molecule has 1 N–H and O–H groups in total. The predicted molar refractivity (Wildman–Crippen MR) is 37.9 cm³/mol. The van der Waals surface area contributed by atoms with E-state index >= 15 is 0 Å².